The Morgan fingerprint density at radius 1 is 1.24 bits per heavy atom. The molecule has 0 spiro atoms. The van der Waals surface area contributed by atoms with Crippen molar-refractivity contribution in [2.24, 2.45) is 0 Å². The molecule has 1 aromatic rings. The van der Waals surface area contributed by atoms with E-state index >= 15 is 0 Å². The molecular weight excluding hydrogens is 240 g/mol. The average molecular weight is 256 g/mol. The number of aryl methyl sites for hydroxylation is 2. The molecule has 0 radical (unpaired) electrons. The topological polar surface area (TPSA) is 60.4 Å². The third kappa shape index (κ3) is 3.06. The van der Waals surface area contributed by atoms with Gasteiger partial charge in [0, 0.05) is 0 Å². The quantitative estimate of drug-likeness (QED) is 0.822. The summed E-state index contributed by atoms with van der Waals surface area (Å²) in [7, 11) is -2.20. The molecule has 0 saturated heterocycles. The molecule has 1 rings (SSSR count). The molecule has 0 aromatic heterocycles. The van der Waals surface area contributed by atoms with Crippen molar-refractivity contribution in [2.45, 2.75) is 25.7 Å². The zero-order valence-corrected chi connectivity index (χ0v) is 11.2. The fourth-order valence-electron chi connectivity index (χ4n) is 1.51. The third-order valence-corrected chi connectivity index (χ3v) is 4.28. The number of benzene rings is 1. The molecule has 0 atom stereocenters. The first kappa shape index (κ1) is 13.7. The number of carbonyl (C=O) groups is 1. The maximum Gasteiger partial charge on any atom is 0.189 e. The Balaban J connectivity index is 3.40. The minimum absolute atomic E-state index is 0.0818. The molecule has 4 nitrogen and oxygen atoms in total. The maximum atomic E-state index is 12.0. The maximum absolute atomic E-state index is 12.0. The number of hydrogen-bond donors (Lipinski definition) is 0. The Morgan fingerprint density at radius 2 is 1.76 bits per heavy atom. The highest BCUT2D eigenvalue weighted by Gasteiger charge is 2.22. The summed E-state index contributed by atoms with van der Waals surface area (Å²) >= 11 is 0. The smallest absolute Gasteiger partial charge is 0.189 e. The molecule has 94 valence electrons. The van der Waals surface area contributed by atoms with Gasteiger partial charge in [-0.1, -0.05) is 0 Å². The molecular formula is C12H16O4S. The molecule has 0 saturated carbocycles. The molecule has 0 fully saturated rings. The van der Waals surface area contributed by atoms with Crippen LogP contribution in [0.25, 0.3) is 0 Å². The van der Waals surface area contributed by atoms with Gasteiger partial charge in [-0.25, -0.2) is 8.42 Å². The van der Waals surface area contributed by atoms with Crippen LogP contribution in [0.5, 0.6) is 5.75 Å². The lowest BCUT2D eigenvalue weighted by Gasteiger charge is -2.11. The van der Waals surface area contributed by atoms with E-state index in [0.717, 1.165) is 11.1 Å². The predicted molar refractivity (Wildman–Crippen MR) is 65.2 cm³/mol. The van der Waals surface area contributed by atoms with E-state index in [1.54, 1.807) is 12.1 Å². The minimum atomic E-state index is -3.62. The van der Waals surface area contributed by atoms with Gasteiger partial charge in [-0.05, 0) is 44.0 Å². The van der Waals surface area contributed by atoms with Crippen molar-refractivity contribution >= 4 is 15.6 Å². The van der Waals surface area contributed by atoms with Gasteiger partial charge in [0.15, 0.2) is 9.84 Å². The Labute approximate surface area is 102 Å². The van der Waals surface area contributed by atoms with E-state index in [4.69, 9.17) is 4.74 Å². The monoisotopic (exact) mass is 256 g/mol. The fraction of sp³-hybridized carbons (Fsp3) is 0.417. The van der Waals surface area contributed by atoms with Gasteiger partial charge < -0.3 is 4.74 Å². The zero-order valence-electron chi connectivity index (χ0n) is 10.4. The van der Waals surface area contributed by atoms with Crippen molar-refractivity contribution in [3.05, 3.63) is 23.3 Å². The minimum Gasteiger partial charge on any atom is -0.495 e. The van der Waals surface area contributed by atoms with Crippen LogP contribution in [-0.2, 0) is 14.6 Å². The van der Waals surface area contributed by atoms with E-state index in [1.165, 1.54) is 14.0 Å². The number of rotatable bonds is 4. The molecule has 1 aromatic carbocycles. The van der Waals surface area contributed by atoms with E-state index in [0.29, 0.717) is 0 Å². The number of Topliss-reactive ketones (excluding diaryl/α,β-unsaturated/α-hetero) is 1. The summed E-state index contributed by atoms with van der Waals surface area (Å²) in [5.74, 6) is -0.592. The number of ketones is 1. The predicted octanol–water partition coefficient (Wildman–Crippen LogP) is 1.67. The third-order valence-electron chi connectivity index (χ3n) is 2.51. The highest BCUT2D eigenvalue weighted by Crippen LogP contribution is 2.28. The second-order valence-electron chi connectivity index (χ2n) is 4.05. The van der Waals surface area contributed by atoms with Crippen molar-refractivity contribution in [3.8, 4) is 5.75 Å². The largest absolute Gasteiger partial charge is 0.495 e. The van der Waals surface area contributed by atoms with Crippen LogP contribution in [0.15, 0.2) is 17.0 Å². The Bertz CT molecular complexity index is 544. The summed E-state index contributed by atoms with van der Waals surface area (Å²) in [6, 6.07) is 3.22. The Kier molecular flexibility index (Phi) is 3.93. The summed E-state index contributed by atoms with van der Waals surface area (Å²) in [5, 5.41) is 0. The second-order valence-corrected chi connectivity index (χ2v) is 6.01. The summed E-state index contributed by atoms with van der Waals surface area (Å²) in [4.78, 5) is 11.0. The Hall–Kier alpha value is -1.36. The SMILES string of the molecule is COc1cc(C)c(C)cc1S(=O)(=O)CC(C)=O. The number of methoxy groups -OCH3 is 1. The van der Waals surface area contributed by atoms with Crippen molar-refractivity contribution in [3.63, 3.8) is 0 Å². The van der Waals surface area contributed by atoms with E-state index in [9.17, 15) is 13.2 Å². The first-order valence-corrected chi connectivity index (χ1v) is 6.80. The van der Waals surface area contributed by atoms with Gasteiger partial charge in [0.2, 0.25) is 0 Å². The lowest BCUT2D eigenvalue weighted by atomic mass is 10.1. The number of hydrogen-bond acceptors (Lipinski definition) is 4. The van der Waals surface area contributed by atoms with Crippen molar-refractivity contribution in [2.75, 3.05) is 12.9 Å². The van der Waals surface area contributed by atoms with Crippen LogP contribution in [0.3, 0.4) is 0 Å². The number of sulfone groups is 1. The summed E-state index contributed by atoms with van der Waals surface area (Å²) in [5.41, 5.74) is 1.80. The summed E-state index contributed by atoms with van der Waals surface area (Å²) in [6.45, 7) is 4.95. The van der Waals surface area contributed by atoms with E-state index in [2.05, 4.69) is 0 Å². The standard InChI is InChI=1S/C12H16O4S/c1-8-5-11(16-4)12(6-9(8)2)17(14,15)7-10(3)13/h5-6H,7H2,1-4H3. The molecule has 0 unspecified atom stereocenters. The second kappa shape index (κ2) is 4.87. The number of ether oxygens (including phenoxy) is 1. The highest BCUT2D eigenvalue weighted by molar-refractivity contribution is 7.92. The van der Waals surface area contributed by atoms with Crippen molar-refractivity contribution in [1.82, 2.24) is 0 Å². The normalized spacial score (nSPS) is 11.3. The van der Waals surface area contributed by atoms with Crippen LogP contribution in [0.1, 0.15) is 18.1 Å². The summed E-state index contributed by atoms with van der Waals surface area (Å²) in [6.07, 6.45) is 0. The van der Waals surface area contributed by atoms with Crippen LogP contribution in [-0.4, -0.2) is 27.1 Å². The summed E-state index contributed by atoms with van der Waals surface area (Å²) < 4.78 is 29.0. The van der Waals surface area contributed by atoms with Gasteiger partial charge in [-0.3, -0.25) is 4.79 Å². The molecule has 0 N–H and O–H groups in total. The van der Waals surface area contributed by atoms with E-state index in [1.807, 2.05) is 13.8 Å². The molecule has 0 bridgehead atoms. The van der Waals surface area contributed by atoms with Gasteiger partial charge in [-0.2, -0.15) is 0 Å². The fourth-order valence-corrected chi connectivity index (χ4v) is 3.01. The van der Waals surface area contributed by atoms with Crippen LogP contribution in [0.4, 0.5) is 0 Å². The highest BCUT2D eigenvalue weighted by atomic mass is 32.2. The van der Waals surface area contributed by atoms with Gasteiger partial charge in [0.25, 0.3) is 0 Å². The van der Waals surface area contributed by atoms with E-state index < -0.39 is 15.6 Å². The Morgan fingerprint density at radius 3 is 2.24 bits per heavy atom. The molecule has 17 heavy (non-hydrogen) atoms. The number of carbonyl (C=O) groups excluding carboxylic acids is 1. The molecule has 0 aliphatic rings. The molecule has 5 heteroatoms. The van der Waals surface area contributed by atoms with Crippen LogP contribution >= 0.6 is 0 Å². The molecule has 0 amide bonds. The van der Waals surface area contributed by atoms with Gasteiger partial charge in [0.1, 0.15) is 22.2 Å². The van der Waals surface area contributed by atoms with E-state index in [-0.39, 0.29) is 16.4 Å². The lowest BCUT2D eigenvalue weighted by Crippen LogP contribution is -2.14. The van der Waals surface area contributed by atoms with Crippen molar-refractivity contribution < 1.29 is 17.9 Å². The van der Waals surface area contributed by atoms with Gasteiger partial charge >= 0.3 is 0 Å². The first-order chi connectivity index (χ1) is 7.77. The van der Waals surface area contributed by atoms with Crippen molar-refractivity contribution in [1.29, 1.82) is 0 Å². The lowest BCUT2D eigenvalue weighted by molar-refractivity contribution is -0.114. The van der Waals surface area contributed by atoms with Gasteiger partial charge in [-0.15, -0.1) is 0 Å². The van der Waals surface area contributed by atoms with Crippen LogP contribution in [0, 0.1) is 13.8 Å². The molecule has 0 aliphatic carbocycles. The first-order valence-electron chi connectivity index (χ1n) is 5.15. The molecule has 0 aliphatic heterocycles. The average Bonchev–Trinajstić information content (AvgIpc) is 2.19. The van der Waals surface area contributed by atoms with Crippen LogP contribution < -0.4 is 4.74 Å². The van der Waals surface area contributed by atoms with Crippen LogP contribution in [0.2, 0.25) is 0 Å². The molecule has 0 heterocycles. The zero-order chi connectivity index (χ0) is 13.2. The van der Waals surface area contributed by atoms with Gasteiger partial charge in [0.05, 0.1) is 7.11 Å².